The monoisotopic (exact) mass is 351 g/mol. The van der Waals surface area contributed by atoms with E-state index >= 15 is 0 Å². The molecule has 0 spiro atoms. The number of benzene rings is 1. The molecule has 0 aliphatic carbocycles. The Morgan fingerprint density at radius 1 is 1.18 bits per heavy atom. The number of aromatic hydroxyl groups is 1. The van der Waals surface area contributed by atoms with Crippen molar-refractivity contribution in [3.63, 3.8) is 0 Å². The molecule has 5 heteroatoms. The van der Waals surface area contributed by atoms with E-state index in [0.29, 0.717) is 5.75 Å². The molecule has 0 amide bonds. The van der Waals surface area contributed by atoms with Crippen LogP contribution in [0.5, 0.6) is 5.75 Å². The van der Waals surface area contributed by atoms with E-state index in [1.165, 1.54) is 35.3 Å². The summed E-state index contributed by atoms with van der Waals surface area (Å²) in [5.41, 5.74) is 3.50. The molecule has 1 fully saturated rings. The second-order valence-electron chi connectivity index (χ2n) is 5.80. The predicted octanol–water partition coefficient (Wildman–Crippen LogP) is 5.46. The molecule has 1 N–H and O–H groups in total. The summed E-state index contributed by atoms with van der Waals surface area (Å²) in [6.07, 6.45) is 4.84. The summed E-state index contributed by atoms with van der Waals surface area (Å²) in [5, 5.41) is 10.2. The van der Waals surface area contributed by atoms with Crippen molar-refractivity contribution in [3.05, 3.63) is 33.1 Å². The van der Waals surface area contributed by atoms with Crippen LogP contribution in [0.2, 0.25) is 0 Å². The lowest BCUT2D eigenvalue weighted by Crippen LogP contribution is -2.29. The maximum Gasteiger partial charge on any atom is 0.120 e. The second kappa shape index (κ2) is 7.21. The normalized spacial score (nSPS) is 16.0. The van der Waals surface area contributed by atoms with Crippen LogP contribution >= 0.6 is 32.9 Å². The molecule has 1 saturated heterocycles. The van der Waals surface area contributed by atoms with Gasteiger partial charge in [0.05, 0.1) is 4.88 Å². The lowest BCUT2D eigenvalue weighted by molar-refractivity contribution is 0.218. The minimum atomic E-state index is 0.409. The maximum absolute atomic E-state index is 10.2. The molecule has 0 saturated carbocycles. The highest BCUT2D eigenvalue weighted by Gasteiger charge is 2.15. The van der Waals surface area contributed by atoms with Crippen LogP contribution in [0, 0.1) is 3.82 Å². The van der Waals surface area contributed by atoms with Crippen LogP contribution in [0.4, 0.5) is 0 Å². The van der Waals surface area contributed by atoms with Crippen molar-refractivity contribution in [3.8, 4) is 16.2 Å². The van der Waals surface area contributed by atoms with Gasteiger partial charge in [0.1, 0.15) is 9.57 Å². The molecule has 1 aliphatic heterocycles. The smallest absolute Gasteiger partial charge is 0.120 e. The van der Waals surface area contributed by atoms with Crippen LogP contribution in [0.3, 0.4) is 0 Å². The topological polar surface area (TPSA) is 23.5 Å². The third-order valence-electron chi connectivity index (χ3n) is 4.26. The Balaban J connectivity index is 1.90. The van der Waals surface area contributed by atoms with Crippen LogP contribution in [-0.2, 0) is 13.0 Å². The quantitative estimate of drug-likeness (QED) is 0.584. The number of likely N-dealkylation sites (tertiary alicyclic amines) is 1. The average Bonchev–Trinajstić information content (AvgIpc) is 2.91. The molecule has 118 valence electrons. The van der Waals surface area contributed by atoms with Crippen LogP contribution in [-0.4, -0.2) is 23.1 Å². The second-order valence-corrected chi connectivity index (χ2v) is 8.61. The van der Waals surface area contributed by atoms with E-state index in [2.05, 4.69) is 17.9 Å². The summed E-state index contributed by atoms with van der Waals surface area (Å²) in [7, 11) is 3.44. The highest BCUT2D eigenvalue weighted by Crippen LogP contribution is 2.37. The van der Waals surface area contributed by atoms with Gasteiger partial charge in [-0.1, -0.05) is 46.2 Å². The summed E-state index contributed by atoms with van der Waals surface area (Å²) in [5.74, 6) is 0.409. The van der Waals surface area contributed by atoms with Crippen LogP contribution in [0.15, 0.2) is 18.2 Å². The number of nitrogens with zero attached hydrogens (tertiary/aromatic N) is 1. The van der Waals surface area contributed by atoms with Crippen LogP contribution in [0.25, 0.3) is 10.4 Å². The van der Waals surface area contributed by atoms with Gasteiger partial charge in [-0.2, -0.15) is 0 Å². The molecule has 2 aromatic rings. The summed E-state index contributed by atoms with van der Waals surface area (Å²) in [4.78, 5) is 3.72. The van der Waals surface area contributed by atoms with Gasteiger partial charge >= 0.3 is 0 Å². The van der Waals surface area contributed by atoms with Gasteiger partial charge in [-0.25, -0.2) is 0 Å². The minimum absolute atomic E-state index is 0.409. The zero-order valence-electron chi connectivity index (χ0n) is 12.8. The molecule has 1 aliphatic rings. The minimum Gasteiger partial charge on any atom is -0.508 e. The molecule has 22 heavy (non-hydrogen) atoms. The van der Waals surface area contributed by atoms with Gasteiger partial charge in [-0.15, -0.1) is 0 Å². The lowest BCUT2D eigenvalue weighted by Gasteiger charge is -2.26. The van der Waals surface area contributed by atoms with Crippen molar-refractivity contribution in [2.24, 2.45) is 0 Å². The van der Waals surface area contributed by atoms with Crippen molar-refractivity contribution < 1.29 is 5.11 Å². The lowest BCUT2D eigenvalue weighted by atomic mass is 10.0. The molecule has 3 rings (SSSR count). The Morgan fingerprint density at radius 2 is 1.95 bits per heavy atom. The molecule has 1 aromatic heterocycles. The fourth-order valence-electron chi connectivity index (χ4n) is 3.01. The molecule has 0 radical (unpaired) electrons. The van der Waals surface area contributed by atoms with Crippen molar-refractivity contribution >= 4 is 32.9 Å². The fourth-order valence-corrected chi connectivity index (χ4v) is 6.14. The van der Waals surface area contributed by atoms with Gasteiger partial charge in [0.25, 0.3) is 0 Å². The van der Waals surface area contributed by atoms with Crippen LogP contribution in [0.1, 0.15) is 37.3 Å². The Morgan fingerprint density at radius 3 is 2.68 bits per heavy atom. The van der Waals surface area contributed by atoms with Gasteiger partial charge in [-0.3, -0.25) is 4.90 Å². The first-order valence-electron chi connectivity index (χ1n) is 7.85. The van der Waals surface area contributed by atoms with Gasteiger partial charge < -0.3 is 5.11 Å². The van der Waals surface area contributed by atoms with E-state index in [-0.39, 0.29) is 0 Å². The van der Waals surface area contributed by atoms with E-state index < -0.39 is 0 Å². The van der Waals surface area contributed by atoms with Crippen molar-refractivity contribution in [2.45, 2.75) is 39.2 Å². The standard InChI is InChI=1S/C17H21NOS3/c1-2-14-16(21-22-17(14)20)12-6-7-15(19)13(10-12)11-18-8-4-3-5-9-18/h6-7,10,19H,2-5,8-9,11H2,1H3. The third kappa shape index (κ3) is 3.43. The maximum atomic E-state index is 10.2. The molecular formula is C17H21NOS3. The number of hydrogen-bond donors (Lipinski definition) is 1. The largest absolute Gasteiger partial charge is 0.508 e. The number of rotatable bonds is 4. The van der Waals surface area contributed by atoms with E-state index in [1.807, 2.05) is 12.1 Å². The van der Waals surface area contributed by atoms with Crippen molar-refractivity contribution in [1.82, 2.24) is 4.90 Å². The summed E-state index contributed by atoms with van der Waals surface area (Å²) >= 11 is 5.43. The summed E-state index contributed by atoms with van der Waals surface area (Å²) in [6, 6.07) is 6.00. The number of hydrogen-bond acceptors (Lipinski definition) is 5. The zero-order valence-corrected chi connectivity index (χ0v) is 15.3. The van der Waals surface area contributed by atoms with Gasteiger partial charge in [0.15, 0.2) is 0 Å². The zero-order chi connectivity index (χ0) is 15.5. The van der Waals surface area contributed by atoms with Crippen molar-refractivity contribution in [1.29, 1.82) is 0 Å². The predicted molar refractivity (Wildman–Crippen MR) is 98.6 cm³/mol. The fraction of sp³-hybridized carbons (Fsp3) is 0.471. The summed E-state index contributed by atoms with van der Waals surface area (Å²) in [6.45, 7) is 5.28. The average molecular weight is 352 g/mol. The van der Waals surface area contributed by atoms with E-state index in [4.69, 9.17) is 12.2 Å². The van der Waals surface area contributed by atoms with Crippen molar-refractivity contribution in [2.75, 3.05) is 13.1 Å². The first-order valence-corrected chi connectivity index (χ1v) is 10.4. The molecule has 0 bridgehead atoms. The van der Waals surface area contributed by atoms with Crippen LogP contribution < -0.4 is 0 Å². The summed E-state index contributed by atoms with van der Waals surface area (Å²) < 4.78 is 1.01. The molecule has 2 heterocycles. The molecule has 0 unspecified atom stereocenters. The van der Waals surface area contributed by atoms with E-state index in [9.17, 15) is 5.11 Å². The highest BCUT2D eigenvalue weighted by atomic mass is 32.9. The molecular weight excluding hydrogens is 330 g/mol. The van der Waals surface area contributed by atoms with Gasteiger partial charge in [0, 0.05) is 12.1 Å². The van der Waals surface area contributed by atoms with E-state index in [0.717, 1.165) is 35.4 Å². The first-order chi connectivity index (χ1) is 10.7. The SMILES string of the molecule is CCc1c(-c2ccc(O)c(CN3CCCCC3)c2)ssc1=S. The molecule has 2 nitrogen and oxygen atoms in total. The number of phenolic OH excluding ortho intramolecular Hbond substituents is 1. The van der Waals surface area contributed by atoms with E-state index in [1.54, 1.807) is 20.7 Å². The first kappa shape index (κ1) is 16.1. The molecule has 0 atom stereocenters. The Bertz CT molecular complexity index is 698. The number of phenols is 1. The highest BCUT2D eigenvalue weighted by molar-refractivity contribution is 7.80. The Kier molecular flexibility index (Phi) is 5.29. The Hall–Kier alpha value is -0.750. The molecule has 1 aromatic carbocycles. The Labute approximate surface area is 144 Å². The van der Waals surface area contributed by atoms with Gasteiger partial charge in [-0.05, 0) is 61.7 Å². The number of piperidine rings is 1. The van der Waals surface area contributed by atoms with Gasteiger partial charge in [0.2, 0.25) is 0 Å². The third-order valence-corrected chi connectivity index (χ3v) is 7.45.